The zero-order chi connectivity index (χ0) is 11.4. The van der Waals surface area contributed by atoms with Gasteiger partial charge in [-0.1, -0.05) is 6.42 Å². The van der Waals surface area contributed by atoms with Gasteiger partial charge in [-0.3, -0.25) is 0 Å². The van der Waals surface area contributed by atoms with E-state index in [2.05, 4.69) is 34.2 Å². The molecule has 0 saturated heterocycles. The minimum atomic E-state index is 0.678. The second kappa shape index (κ2) is 5.73. The lowest BCUT2D eigenvalue weighted by Crippen LogP contribution is -2.34. The summed E-state index contributed by atoms with van der Waals surface area (Å²) in [6, 6.07) is 0.678. The molecule has 1 saturated carbocycles. The van der Waals surface area contributed by atoms with E-state index in [9.17, 15) is 0 Å². The molecule has 4 heteroatoms. The first-order valence-electron chi connectivity index (χ1n) is 6.11. The SMILES string of the molecule is CCn1ccnc1CNC1CCCC1SC. The number of hydrogen-bond donors (Lipinski definition) is 1. The van der Waals surface area contributed by atoms with Crippen molar-refractivity contribution in [1.82, 2.24) is 14.9 Å². The second-order valence-corrected chi connectivity index (χ2v) is 5.40. The highest BCUT2D eigenvalue weighted by molar-refractivity contribution is 7.99. The van der Waals surface area contributed by atoms with Gasteiger partial charge in [0.2, 0.25) is 0 Å². The molecule has 1 heterocycles. The average Bonchev–Trinajstić information content (AvgIpc) is 2.94. The van der Waals surface area contributed by atoms with Crippen LogP contribution in [0.2, 0.25) is 0 Å². The lowest BCUT2D eigenvalue weighted by Gasteiger charge is -2.19. The summed E-state index contributed by atoms with van der Waals surface area (Å²) in [7, 11) is 0. The van der Waals surface area contributed by atoms with Gasteiger partial charge in [0, 0.05) is 30.2 Å². The van der Waals surface area contributed by atoms with Gasteiger partial charge in [0.05, 0.1) is 6.54 Å². The molecule has 1 aromatic heterocycles. The van der Waals surface area contributed by atoms with E-state index < -0.39 is 0 Å². The van der Waals surface area contributed by atoms with Gasteiger partial charge in [0.1, 0.15) is 5.82 Å². The van der Waals surface area contributed by atoms with Crippen LogP contribution in [0.5, 0.6) is 0 Å². The molecular weight excluding hydrogens is 218 g/mol. The van der Waals surface area contributed by atoms with Crippen molar-refractivity contribution in [3.8, 4) is 0 Å². The summed E-state index contributed by atoms with van der Waals surface area (Å²) < 4.78 is 2.20. The predicted octanol–water partition coefficient (Wildman–Crippen LogP) is 2.28. The van der Waals surface area contributed by atoms with Crippen LogP contribution in [0.1, 0.15) is 32.0 Å². The molecule has 0 aliphatic heterocycles. The Labute approximate surface area is 102 Å². The molecule has 2 rings (SSSR count). The zero-order valence-corrected chi connectivity index (χ0v) is 11.0. The highest BCUT2D eigenvalue weighted by atomic mass is 32.2. The Bertz CT molecular complexity index is 324. The van der Waals surface area contributed by atoms with Crippen molar-refractivity contribution in [2.45, 2.75) is 50.6 Å². The number of aromatic nitrogens is 2. The predicted molar refractivity (Wildman–Crippen MR) is 69.7 cm³/mol. The first-order valence-corrected chi connectivity index (χ1v) is 7.40. The fraction of sp³-hybridized carbons (Fsp3) is 0.750. The van der Waals surface area contributed by atoms with Crippen molar-refractivity contribution in [2.75, 3.05) is 6.26 Å². The zero-order valence-electron chi connectivity index (χ0n) is 10.1. The minimum Gasteiger partial charge on any atom is -0.334 e. The van der Waals surface area contributed by atoms with Crippen molar-refractivity contribution < 1.29 is 0 Å². The summed E-state index contributed by atoms with van der Waals surface area (Å²) in [6.45, 7) is 4.07. The highest BCUT2D eigenvalue weighted by Gasteiger charge is 2.25. The van der Waals surface area contributed by atoms with Crippen molar-refractivity contribution in [3.05, 3.63) is 18.2 Å². The summed E-state index contributed by atoms with van der Waals surface area (Å²) in [6.07, 6.45) is 10.2. The van der Waals surface area contributed by atoms with Crippen LogP contribution in [0.3, 0.4) is 0 Å². The fourth-order valence-electron chi connectivity index (χ4n) is 2.46. The number of imidazole rings is 1. The van der Waals surface area contributed by atoms with Crippen LogP contribution in [0.15, 0.2) is 12.4 Å². The van der Waals surface area contributed by atoms with Gasteiger partial charge in [-0.2, -0.15) is 11.8 Å². The lowest BCUT2D eigenvalue weighted by molar-refractivity contribution is 0.508. The number of aryl methyl sites for hydroxylation is 1. The molecular formula is C12H21N3S. The molecule has 0 radical (unpaired) electrons. The molecule has 1 fully saturated rings. The molecule has 90 valence electrons. The van der Waals surface area contributed by atoms with Crippen LogP contribution in [0.25, 0.3) is 0 Å². The quantitative estimate of drug-likeness (QED) is 0.855. The third-order valence-corrected chi connectivity index (χ3v) is 4.59. The molecule has 2 atom stereocenters. The van der Waals surface area contributed by atoms with Crippen molar-refractivity contribution in [1.29, 1.82) is 0 Å². The van der Waals surface area contributed by atoms with E-state index in [1.807, 2.05) is 18.0 Å². The first-order chi connectivity index (χ1) is 7.85. The van der Waals surface area contributed by atoms with Crippen molar-refractivity contribution in [2.24, 2.45) is 0 Å². The molecule has 0 aromatic carbocycles. The molecule has 1 aliphatic rings. The highest BCUT2D eigenvalue weighted by Crippen LogP contribution is 2.28. The Morgan fingerprint density at radius 3 is 3.19 bits per heavy atom. The molecule has 1 aliphatic carbocycles. The molecule has 0 bridgehead atoms. The summed E-state index contributed by atoms with van der Waals surface area (Å²) in [4.78, 5) is 4.39. The largest absolute Gasteiger partial charge is 0.334 e. The Kier molecular flexibility index (Phi) is 4.29. The molecule has 1 N–H and O–H groups in total. The van der Waals surface area contributed by atoms with Gasteiger partial charge < -0.3 is 9.88 Å². The standard InChI is InChI=1S/C12H21N3S/c1-3-15-8-7-13-12(15)9-14-10-5-4-6-11(10)16-2/h7-8,10-11,14H,3-6,9H2,1-2H3. The van der Waals surface area contributed by atoms with Crippen LogP contribution in [0.4, 0.5) is 0 Å². The molecule has 16 heavy (non-hydrogen) atoms. The average molecular weight is 239 g/mol. The number of hydrogen-bond acceptors (Lipinski definition) is 3. The molecule has 3 nitrogen and oxygen atoms in total. The van der Waals surface area contributed by atoms with Crippen LogP contribution >= 0.6 is 11.8 Å². The first kappa shape index (κ1) is 12.0. The Morgan fingerprint density at radius 1 is 1.56 bits per heavy atom. The molecule has 0 spiro atoms. The van der Waals surface area contributed by atoms with Gasteiger partial charge in [-0.05, 0) is 26.0 Å². The maximum absolute atomic E-state index is 4.39. The summed E-state index contributed by atoms with van der Waals surface area (Å²) >= 11 is 2.00. The fourth-order valence-corrected chi connectivity index (χ4v) is 3.42. The minimum absolute atomic E-state index is 0.678. The lowest BCUT2D eigenvalue weighted by atomic mass is 10.2. The third-order valence-electron chi connectivity index (χ3n) is 3.42. The molecule has 0 amide bonds. The van der Waals surface area contributed by atoms with E-state index in [1.54, 1.807) is 0 Å². The van der Waals surface area contributed by atoms with Gasteiger partial charge in [-0.25, -0.2) is 4.98 Å². The smallest absolute Gasteiger partial charge is 0.122 e. The van der Waals surface area contributed by atoms with E-state index >= 15 is 0 Å². The van der Waals surface area contributed by atoms with Crippen molar-refractivity contribution >= 4 is 11.8 Å². The third kappa shape index (κ3) is 2.61. The topological polar surface area (TPSA) is 29.9 Å². The number of nitrogens with zero attached hydrogens (tertiary/aromatic N) is 2. The molecule has 2 unspecified atom stereocenters. The Morgan fingerprint density at radius 2 is 2.44 bits per heavy atom. The van der Waals surface area contributed by atoms with Crippen LogP contribution in [-0.2, 0) is 13.1 Å². The van der Waals surface area contributed by atoms with Gasteiger partial charge in [-0.15, -0.1) is 0 Å². The summed E-state index contributed by atoms with van der Waals surface area (Å²) in [5, 5.41) is 4.45. The summed E-state index contributed by atoms with van der Waals surface area (Å²) in [5.74, 6) is 1.16. The number of nitrogens with one attached hydrogen (secondary N) is 1. The normalized spacial score (nSPS) is 25.1. The van der Waals surface area contributed by atoms with Crippen LogP contribution in [-0.4, -0.2) is 27.1 Å². The van der Waals surface area contributed by atoms with Gasteiger partial charge in [0.25, 0.3) is 0 Å². The van der Waals surface area contributed by atoms with E-state index in [0.717, 1.165) is 24.2 Å². The van der Waals surface area contributed by atoms with Crippen molar-refractivity contribution in [3.63, 3.8) is 0 Å². The maximum atomic E-state index is 4.39. The van der Waals surface area contributed by atoms with E-state index in [1.165, 1.54) is 19.3 Å². The van der Waals surface area contributed by atoms with Crippen LogP contribution < -0.4 is 5.32 Å². The van der Waals surface area contributed by atoms with Crippen LogP contribution in [0, 0.1) is 0 Å². The number of rotatable bonds is 5. The number of thioether (sulfide) groups is 1. The Hall–Kier alpha value is -0.480. The van der Waals surface area contributed by atoms with E-state index in [4.69, 9.17) is 0 Å². The molecule has 1 aromatic rings. The van der Waals surface area contributed by atoms with Gasteiger partial charge >= 0.3 is 0 Å². The second-order valence-electron chi connectivity index (χ2n) is 4.32. The van der Waals surface area contributed by atoms with E-state index in [0.29, 0.717) is 6.04 Å². The monoisotopic (exact) mass is 239 g/mol. The maximum Gasteiger partial charge on any atom is 0.122 e. The Balaban J connectivity index is 1.87. The van der Waals surface area contributed by atoms with Gasteiger partial charge in [0.15, 0.2) is 0 Å². The van der Waals surface area contributed by atoms with E-state index in [-0.39, 0.29) is 0 Å². The summed E-state index contributed by atoms with van der Waals surface area (Å²) in [5.41, 5.74) is 0.